The average molecular weight is 395 g/mol. The van der Waals surface area contributed by atoms with Crippen molar-refractivity contribution in [1.82, 2.24) is 0 Å². The number of esters is 1. The maximum Gasteiger partial charge on any atom is 0.344 e. The first kappa shape index (κ1) is 19.4. The summed E-state index contributed by atoms with van der Waals surface area (Å²) >= 11 is 1.01. The Hall–Kier alpha value is -3.32. The Balaban J connectivity index is 2.00. The van der Waals surface area contributed by atoms with Gasteiger partial charge in [0.1, 0.15) is 22.1 Å². The van der Waals surface area contributed by atoms with Crippen LogP contribution in [0.1, 0.15) is 22.8 Å². The zero-order valence-corrected chi connectivity index (χ0v) is 15.8. The minimum Gasteiger partial charge on any atom is -0.508 e. The molecule has 0 aliphatic carbocycles. The van der Waals surface area contributed by atoms with Gasteiger partial charge in [-0.25, -0.2) is 9.79 Å². The van der Waals surface area contributed by atoms with Crippen molar-refractivity contribution in [3.8, 4) is 5.75 Å². The van der Waals surface area contributed by atoms with Crippen molar-refractivity contribution in [1.29, 1.82) is 0 Å². The van der Waals surface area contributed by atoms with Crippen molar-refractivity contribution >= 4 is 34.8 Å². The molecule has 142 valence electrons. The summed E-state index contributed by atoms with van der Waals surface area (Å²) in [5.41, 5.74) is 0.932. The van der Waals surface area contributed by atoms with Crippen LogP contribution in [0.25, 0.3) is 6.08 Å². The highest BCUT2D eigenvalue weighted by Crippen LogP contribution is 2.39. The fourth-order valence-electron chi connectivity index (χ4n) is 2.45. The molecule has 6 nitrogen and oxygen atoms in total. The number of phenolic OH excluding ortho intramolecular Hbond substituents is 1. The molecule has 0 radical (unpaired) electrons. The van der Waals surface area contributed by atoms with Crippen LogP contribution in [0.3, 0.4) is 0 Å². The number of carbonyl (C=O) groups is 2. The molecule has 0 unspecified atom stereocenters. The molecular formula is C21H17NO5S. The number of rotatable bonds is 4. The molecule has 1 aliphatic heterocycles. The van der Waals surface area contributed by atoms with Crippen molar-refractivity contribution in [2.24, 2.45) is 4.99 Å². The number of amides is 1. The lowest BCUT2D eigenvalue weighted by Gasteiger charge is -2.03. The number of nitrogens with zero attached hydrogens (tertiary/aromatic N) is 1. The third-order valence-electron chi connectivity index (χ3n) is 3.78. The van der Waals surface area contributed by atoms with E-state index in [1.165, 1.54) is 12.1 Å². The molecule has 2 N–H and O–H groups in total. The molecule has 3 rings (SSSR count). The number of thioether (sulfide) groups is 1. The van der Waals surface area contributed by atoms with Crippen LogP contribution in [0.2, 0.25) is 0 Å². The molecule has 2 aromatic carbocycles. The summed E-state index contributed by atoms with van der Waals surface area (Å²) in [5.74, 6) is -1.45. The van der Waals surface area contributed by atoms with E-state index >= 15 is 0 Å². The molecule has 0 fully saturated rings. The summed E-state index contributed by atoms with van der Waals surface area (Å²) in [6.45, 7) is 1.77. The number of aliphatic imine (C=N–C) groups is 1. The molecule has 0 spiro atoms. The Morgan fingerprint density at radius 3 is 2.39 bits per heavy atom. The molecular weight excluding hydrogens is 378 g/mol. The lowest BCUT2D eigenvalue weighted by Crippen LogP contribution is -2.14. The quantitative estimate of drug-likeness (QED) is 0.757. The van der Waals surface area contributed by atoms with E-state index < -0.39 is 11.9 Å². The largest absolute Gasteiger partial charge is 0.508 e. The number of phenols is 1. The summed E-state index contributed by atoms with van der Waals surface area (Å²) in [6, 6.07) is 14.8. The fraction of sp³-hybridized carbons (Fsp3) is 0.0952. The second-order valence-corrected chi connectivity index (χ2v) is 6.77. The topological polar surface area (TPSA) is 96.2 Å². The minimum atomic E-state index is -0.749. The van der Waals surface area contributed by atoms with E-state index in [2.05, 4.69) is 4.99 Å². The second kappa shape index (κ2) is 8.58. The highest BCUT2D eigenvalue weighted by Gasteiger charge is 2.33. The Morgan fingerprint density at radius 1 is 1.07 bits per heavy atom. The molecule has 0 bridgehead atoms. The van der Waals surface area contributed by atoms with E-state index in [-0.39, 0.29) is 28.7 Å². The SMILES string of the molecule is CCOC(=O)C1=C(O)/C(=C/c2ccc(O)cc2)SC1=NC(=O)c1ccccc1. The summed E-state index contributed by atoms with van der Waals surface area (Å²) in [6.07, 6.45) is 1.63. The molecule has 1 heterocycles. The van der Waals surface area contributed by atoms with Crippen LogP contribution in [-0.2, 0) is 9.53 Å². The van der Waals surface area contributed by atoms with Crippen molar-refractivity contribution in [2.45, 2.75) is 6.92 Å². The van der Waals surface area contributed by atoms with Gasteiger partial charge < -0.3 is 14.9 Å². The predicted molar refractivity (Wildman–Crippen MR) is 108 cm³/mol. The molecule has 1 aliphatic rings. The molecule has 0 saturated heterocycles. The van der Waals surface area contributed by atoms with Crippen molar-refractivity contribution in [3.05, 3.63) is 82.0 Å². The van der Waals surface area contributed by atoms with Crippen molar-refractivity contribution in [2.75, 3.05) is 6.61 Å². The Labute approximate surface area is 165 Å². The van der Waals surface area contributed by atoms with Gasteiger partial charge in [-0.05, 0) is 42.8 Å². The summed E-state index contributed by atoms with van der Waals surface area (Å²) in [5, 5.41) is 20.0. The lowest BCUT2D eigenvalue weighted by molar-refractivity contribution is -0.138. The summed E-state index contributed by atoms with van der Waals surface area (Å²) < 4.78 is 5.01. The number of hydrogen-bond acceptors (Lipinski definition) is 6. The smallest absolute Gasteiger partial charge is 0.344 e. The summed E-state index contributed by atoms with van der Waals surface area (Å²) in [7, 11) is 0. The van der Waals surface area contributed by atoms with E-state index in [1.54, 1.807) is 55.5 Å². The van der Waals surface area contributed by atoms with Crippen molar-refractivity contribution < 1.29 is 24.5 Å². The molecule has 0 atom stereocenters. The Bertz CT molecular complexity index is 991. The molecule has 7 heteroatoms. The van der Waals surface area contributed by atoms with Crippen LogP contribution >= 0.6 is 11.8 Å². The van der Waals surface area contributed by atoms with Crippen LogP contribution in [0.15, 0.2) is 75.8 Å². The van der Waals surface area contributed by atoms with Gasteiger partial charge in [0.05, 0.1) is 11.5 Å². The molecule has 0 aromatic heterocycles. The fourth-order valence-corrected chi connectivity index (χ4v) is 3.46. The van der Waals surface area contributed by atoms with E-state index in [9.17, 15) is 19.8 Å². The molecule has 2 aromatic rings. The van der Waals surface area contributed by atoms with Crippen LogP contribution in [0, 0.1) is 0 Å². The second-order valence-electron chi connectivity index (χ2n) is 5.73. The van der Waals surface area contributed by atoms with Gasteiger partial charge in [-0.3, -0.25) is 4.79 Å². The predicted octanol–water partition coefficient (Wildman–Crippen LogP) is 4.09. The van der Waals surface area contributed by atoms with Crippen LogP contribution in [-0.4, -0.2) is 33.7 Å². The van der Waals surface area contributed by atoms with E-state index in [4.69, 9.17) is 4.74 Å². The van der Waals surface area contributed by atoms with Gasteiger partial charge >= 0.3 is 5.97 Å². The van der Waals surface area contributed by atoms with Crippen LogP contribution in [0.4, 0.5) is 0 Å². The van der Waals surface area contributed by atoms with Gasteiger partial charge in [0, 0.05) is 5.56 Å². The normalized spacial score (nSPS) is 16.6. The zero-order chi connectivity index (χ0) is 20.1. The maximum atomic E-state index is 12.4. The molecule has 0 saturated carbocycles. The lowest BCUT2D eigenvalue weighted by atomic mass is 10.1. The third kappa shape index (κ3) is 4.32. The van der Waals surface area contributed by atoms with E-state index in [0.29, 0.717) is 16.0 Å². The van der Waals surface area contributed by atoms with Gasteiger partial charge in [0.2, 0.25) is 0 Å². The number of aromatic hydroxyl groups is 1. The number of aliphatic hydroxyl groups is 1. The Morgan fingerprint density at radius 2 is 1.75 bits per heavy atom. The highest BCUT2D eigenvalue weighted by molar-refractivity contribution is 8.18. The average Bonchev–Trinajstić information content (AvgIpc) is 2.99. The summed E-state index contributed by atoms with van der Waals surface area (Å²) in [4.78, 5) is 29.1. The Kier molecular flexibility index (Phi) is 5.96. The molecule has 1 amide bonds. The number of hydrogen-bond donors (Lipinski definition) is 2. The minimum absolute atomic E-state index is 0.0785. The highest BCUT2D eigenvalue weighted by atomic mass is 32.2. The number of ether oxygens (including phenoxy) is 1. The van der Waals surface area contributed by atoms with E-state index in [1.807, 2.05) is 0 Å². The van der Waals surface area contributed by atoms with Crippen LogP contribution in [0.5, 0.6) is 5.75 Å². The van der Waals surface area contributed by atoms with Gasteiger partial charge in [-0.15, -0.1) is 0 Å². The van der Waals surface area contributed by atoms with Crippen molar-refractivity contribution in [3.63, 3.8) is 0 Å². The first-order valence-corrected chi connectivity index (χ1v) is 9.29. The van der Waals surface area contributed by atoms with Crippen LogP contribution < -0.4 is 0 Å². The standard InChI is InChI=1S/C21H17NO5S/c1-2-27-21(26)17-18(24)16(12-13-8-10-15(23)11-9-13)28-20(17)22-19(25)14-6-4-3-5-7-14/h3-12,23-24H,2H2,1H3/b16-12-,22-20?. The van der Waals surface area contributed by atoms with E-state index in [0.717, 1.165) is 11.8 Å². The monoisotopic (exact) mass is 395 g/mol. The zero-order valence-electron chi connectivity index (χ0n) is 15.0. The number of carbonyl (C=O) groups excluding carboxylic acids is 2. The maximum absolute atomic E-state index is 12.4. The first-order chi connectivity index (χ1) is 13.5. The van der Waals surface area contributed by atoms with Gasteiger partial charge in [-0.1, -0.05) is 42.1 Å². The first-order valence-electron chi connectivity index (χ1n) is 8.47. The number of benzene rings is 2. The van der Waals surface area contributed by atoms with Gasteiger partial charge in [0.25, 0.3) is 5.91 Å². The van der Waals surface area contributed by atoms with Gasteiger partial charge in [0.15, 0.2) is 0 Å². The van der Waals surface area contributed by atoms with Gasteiger partial charge in [-0.2, -0.15) is 0 Å². The third-order valence-corrected chi connectivity index (χ3v) is 4.80. The number of aliphatic hydroxyl groups excluding tert-OH is 1. The molecule has 28 heavy (non-hydrogen) atoms.